The van der Waals surface area contributed by atoms with Gasteiger partial charge in [0, 0.05) is 11.6 Å². The van der Waals surface area contributed by atoms with Crippen LogP contribution in [0.25, 0.3) is 11.1 Å². The molecular weight excluding hydrogens is 222 g/mol. The van der Waals surface area contributed by atoms with Gasteiger partial charge >= 0.3 is 0 Å². The van der Waals surface area contributed by atoms with Crippen LogP contribution in [-0.4, -0.2) is 7.11 Å². The Morgan fingerprint density at radius 2 is 1.89 bits per heavy atom. The molecule has 2 aromatic rings. The molecule has 0 saturated carbocycles. The first-order valence-corrected chi connectivity index (χ1v) is 6.12. The van der Waals surface area contributed by atoms with E-state index in [1.165, 1.54) is 5.56 Å². The fraction of sp³-hybridized carbons (Fsp3) is 0.250. The standard InChI is InChI=1S/C16H19NO/c1-11-5-4-6-14(9-11)15-10-13(12(2)17)7-8-16(15)18-3/h4-10,12H,17H2,1-3H3. The fourth-order valence-electron chi connectivity index (χ4n) is 2.05. The van der Waals surface area contributed by atoms with Gasteiger partial charge in [-0.05, 0) is 37.1 Å². The zero-order valence-corrected chi connectivity index (χ0v) is 11.1. The van der Waals surface area contributed by atoms with Crippen molar-refractivity contribution in [2.24, 2.45) is 5.73 Å². The smallest absolute Gasteiger partial charge is 0.126 e. The average molecular weight is 241 g/mol. The van der Waals surface area contributed by atoms with Crippen molar-refractivity contribution in [2.75, 3.05) is 7.11 Å². The van der Waals surface area contributed by atoms with Crippen LogP contribution in [0, 0.1) is 6.92 Å². The molecule has 0 saturated heterocycles. The van der Waals surface area contributed by atoms with Gasteiger partial charge in [0.15, 0.2) is 0 Å². The second-order valence-electron chi connectivity index (χ2n) is 4.62. The van der Waals surface area contributed by atoms with Gasteiger partial charge in [-0.15, -0.1) is 0 Å². The van der Waals surface area contributed by atoms with Gasteiger partial charge in [-0.3, -0.25) is 0 Å². The molecule has 94 valence electrons. The second-order valence-corrected chi connectivity index (χ2v) is 4.62. The topological polar surface area (TPSA) is 35.2 Å². The third kappa shape index (κ3) is 2.54. The maximum Gasteiger partial charge on any atom is 0.126 e. The highest BCUT2D eigenvalue weighted by Gasteiger charge is 2.09. The maximum absolute atomic E-state index is 5.94. The van der Waals surface area contributed by atoms with Crippen LogP contribution in [0.5, 0.6) is 5.75 Å². The molecule has 0 heterocycles. The normalized spacial score (nSPS) is 12.2. The van der Waals surface area contributed by atoms with Crippen LogP contribution in [0.3, 0.4) is 0 Å². The highest BCUT2D eigenvalue weighted by atomic mass is 16.5. The summed E-state index contributed by atoms with van der Waals surface area (Å²) in [5, 5.41) is 0. The molecule has 0 amide bonds. The predicted octanol–water partition coefficient (Wildman–Crippen LogP) is 3.69. The van der Waals surface area contributed by atoms with Gasteiger partial charge in [0.05, 0.1) is 7.11 Å². The molecule has 2 heteroatoms. The zero-order valence-electron chi connectivity index (χ0n) is 11.1. The summed E-state index contributed by atoms with van der Waals surface area (Å²) in [6, 6.07) is 14.5. The van der Waals surface area contributed by atoms with Crippen molar-refractivity contribution in [1.29, 1.82) is 0 Å². The van der Waals surface area contributed by atoms with Crippen molar-refractivity contribution in [3.05, 3.63) is 53.6 Å². The molecular formula is C16H19NO. The van der Waals surface area contributed by atoms with E-state index in [4.69, 9.17) is 10.5 Å². The highest BCUT2D eigenvalue weighted by Crippen LogP contribution is 2.32. The third-order valence-corrected chi connectivity index (χ3v) is 3.08. The lowest BCUT2D eigenvalue weighted by molar-refractivity contribution is 0.416. The van der Waals surface area contributed by atoms with Crippen LogP contribution in [0.15, 0.2) is 42.5 Å². The summed E-state index contributed by atoms with van der Waals surface area (Å²) in [5.74, 6) is 0.880. The summed E-state index contributed by atoms with van der Waals surface area (Å²) in [5.41, 5.74) is 10.6. The number of hydrogen-bond donors (Lipinski definition) is 1. The molecule has 0 aliphatic rings. The van der Waals surface area contributed by atoms with Crippen molar-refractivity contribution < 1.29 is 4.74 Å². The van der Waals surface area contributed by atoms with E-state index in [0.29, 0.717) is 0 Å². The van der Waals surface area contributed by atoms with E-state index in [2.05, 4.69) is 37.3 Å². The van der Waals surface area contributed by atoms with Crippen LogP contribution in [0.2, 0.25) is 0 Å². The molecule has 2 aromatic carbocycles. The van der Waals surface area contributed by atoms with Gasteiger partial charge in [0.1, 0.15) is 5.75 Å². The van der Waals surface area contributed by atoms with E-state index in [1.54, 1.807) is 7.11 Å². The van der Waals surface area contributed by atoms with Crippen molar-refractivity contribution in [1.82, 2.24) is 0 Å². The Balaban J connectivity index is 2.56. The van der Waals surface area contributed by atoms with Crippen molar-refractivity contribution in [3.63, 3.8) is 0 Å². The van der Waals surface area contributed by atoms with E-state index >= 15 is 0 Å². The summed E-state index contributed by atoms with van der Waals surface area (Å²) >= 11 is 0. The lowest BCUT2D eigenvalue weighted by Gasteiger charge is -2.13. The van der Waals surface area contributed by atoms with Crippen LogP contribution >= 0.6 is 0 Å². The van der Waals surface area contributed by atoms with E-state index < -0.39 is 0 Å². The first-order valence-electron chi connectivity index (χ1n) is 6.12. The number of nitrogens with two attached hydrogens (primary N) is 1. The Morgan fingerprint density at radius 1 is 1.11 bits per heavy atom. The summed E-state index contributed by atoms with van der Waals surface area (Å²) in [4.78, 5) is 0. The second kappa shape index (κ2) is 5.23. The van der Waals surface area contributed by atoms with Gasteiger partial charge in [-0.2, -0.15) is 0 Å². The average Bonchev–Trinajstić information content (AvgIpc) is 2.38. The van der Waals surface area contributed by atoms with Crippen LogP contribution in [0.1, 0.15) is 24.1 Å². The first-order chi connectivity index (χ1) is 8.61. The molecule has 0 fully saturated rings. The molecule has 1 unspecified atom stereocenters. The molecule has 0 radical (unpaired) electrons. The molecule has 0 bridgehead atoms. The number of methoxy groups -OCH3 is 1. The fourth-order valence-corrected chi connectivity index (χ4v) is 2.05. The summed E-state index contributed by atoms with van der Waals surface area (Å²) < 4.78 is 5.43. The van der Waals surface area contributed by atoms with Crippen molar-refractivity contribution >= 4 is 0 Å². The molecule has 18 heavy (non-hydrogen) atoms. The predicted molar refractivity (Wildman–Crippen MR) is 75.8 cm³/mol. The molecule has 2 rings (SSSR count). The number of benzene rings is 2. The van der Waals surface area contributed by atoms with E-state index in [1.807, 2.05) is 19.1 Å². The number of aryl methyl sites for hydroxylation is 1. The van der Waals surface area contributed by atoms with Gasteiger partial charge < -0.3 is 10.5 Å². The van der Waals surface area contributed by atoms with Gasteiger partial charge in [-0.1, -0.05) is 35.9 Å². The summed E-state index contributed by atoms with van der Waals surface area (Å²) in [6.07, 6.45) is 0. The Morgan fingerprint density at radius 3 is 2.50 bits per heavy atom. The molecule has 0 aromatic heterocycles. The molecule has 0 spiro atoms. The molecule has 2 nitrogen and oxygen atoms in total. The number of ether oxygens (including phenoxy) is 1. The Hall–Kier alpha value is -1.80. The number of rotatable bonds is 3. The van der Waals surface area contributed by atoms with E-state index in [-0.39, 0.29) is 6.04 Å². The van der Waals surface area contributed by atoms with Gasteiger partial charge in [0.2, 0.25) is 0 Å². The Bertz CT molecular complexity index is 547. The SMILES string of the molecule is COc1ccc(C(C)N)cc1-c1cccc(C)c1. The van der Waals surface area contributed by atoms with Crippen molar-refractivity contribution in [3.8, 4) is 16.9 Å². The molecule has 2 N–H and O–H groups in total. The molecule has 0 aliphatic heterocycles. The Kier molecular flexibility index (Phi) is 3.68. The van der Waals surface area contributed by atoms with Crippen molar-refractivity contribution in [2.45, 2.75) is 19.9 Å². The largest absolute Gasteiger partial charge is 0.496 e. The number of hydrogen-bond acceptors (Lipinski definition) is 2. The Labute approximate surface area is 108 Å². The quantitative estimate of drug-likeness (QED) is 0.889. The molecule has 0 aliphatic carbocycles. The van der Waals surface area contributed by atoms with Crippen LogP contribution in [0.4, 0.5) is 0 Å². The van der Waals surface area contributed by atoms with Crippen LogP contribution < -0.4 is 10.5 Å². The first kappa shape index (κ1) is 12.7. The lowest BCUT2D eigenvalue weighted by atomic mass is 9.98. The minimum Gasteiger partial charge on any atom is -0.496 e. The van der Waals surface area contributed by atoms with Gasteiger partial charge in [0.25, 0.3) is 0 Å². The summed E-state index contributed by atoms with van der Waals surface area (Å²) in [6.45, 7) is 4.08. The third-order valence-electron chi connectivity index (χ3n) is 3.08. The maximum atomic E-state index is 5.94. The van der Waals surface area contributed by atoms with E-state index in [9.17, 15) is 0 Å². The highest BCUT2D eigenvalue weighted by molar-refractivity contribution is 5.71. The summed E-state index contributed by atoms with van der Waals surface area (Å²) in [7, 11) is 1.69. The zero-order chi connectivity index (χ0) is 13.1. The van der Waals surface area contributed by atoms with Crippen LogP contribution in [-0.2, 0) is 0 Å². The van der Waals surface area contributed by atoms with E-state index in [0.717, 1.165) is 22.4 Å². The lowest BCUT2D eigenvalue weighted by Crippen LogP contribution is -2.05. The monoisotopic (exact) mass is 241 g/mol. The molecule has 1 atom stereocenters. The minimum atomic E-state index is 0.0273. The minimum absolute atomic E-state index is 0.0273. The van der Waals surface area contributed by atoms with Gasteiger partial charge in [-0.25, -0.2) is 0 Å².